The summed E-state index contributed by atoms with van der Waals surface area (Å²) >= 11 is 0. The summed E-state index contributed by atoms with van der Waals surface area (Å²) in [5.41, 5.74) is 0.739. The van der Waals surface area contributed by atoms with Gasteiger partial charge in [-0.2, -0.15) is 0 Å². The topological polar surface area (TPSA) is 71.0 Å². The molecule has 1 saturated heterocycles. The van der Waals surface area contributed by atoms with Gasteiger partial charge in [0.05, 0.1) is 0 Å². The SMILES string of the molecule is O=C(O)C(c1ccc2c(c1)OCCO2)N1CCNCC1. The number of benzene rings is 1. The van der Waals surface area contributed by atoms with Crippen molar-refractivity contribution in [2.45, 2.75) is 6.04 Å². The molecule has 6 nitrogen and oxygen atoms in total. The Labute approximate surface area is 117 Å². The highest BCUT2D eigenvalue weighted by Crippen LogP contribution is 2.34. The molecule has 1 unspecified atom stereocenters. The zero-order valence-corrected chi connectivity index (χ0v) is 11.2. The first kappa shape index (κ1) is 13.2. The highest BCUT2D eigenvalue weighted by Gasteiger charge is 2.29. The maximum atomic E-state index is 11.6. The van der Waals surface area contributed by atoms with Gasteiger partial charge in [-0.25, -0.2) is 0 Å². The van der Waals surface area contributed by atoms with Gasteiger partial charge in [-0.05, 0) is 17.7 Å². The molecule has 6 heteroatoms. The number of rotatable bonds is 3. The Balaban J connectivity index is 1.88. The number of hydrogen-bond donors (Lipinski definition) is 2. The first-order valence-electron chi connectivity index (χ1n) is 6.83. The van der Waals surface area contributed by atoms with Crippen molar-refractivity contribution in [3.8, 4) is 11.5 Å². The van der Waals surface area contributed by atoms with E-state index in [4.69, 9.17) is 9.47 Å². The third kappa shape index (κ3) is 2.57. The summed E-state index contributed by atoms with van der Waals surface area (Å²) in [6.45, 7) is 4.12. The van der Waals surface area contributed by atoms with Crippen LogP contribution in [0.15, 0.2) is 18.2 Å². The fraction of sp³-hybridized carbons (Fsp3) is 0.500. The van der Waals surface area contributed by atoms with Crippen molar-refractivity contribution in [2.75, 3.05) is 39.4 Å². The van der Waals surface area contributed by atoms with Crippen molar-refractivity contribution in [1.82, 2.24) is 10.2 Å². The van der Waals surface area contributed by atoms with Crippen LogP contribution >= 0.6 is 0 Å². The predicted octanol–water partition coefficient (Wildman–Crippen LogP) is 0.489. The van der Waals surface area contributed by atoms with Crippen molar-refractivity contribution < 1.29 is 19.4 Å². The molecule has 1 fully saturated rings. The van der Waals surface area contributed by atoms with Crippen LogP contribution in [0.25, 0.3) is 0 Å². The predicted molar refractivity (Wildman–Crippen MR) is 72.3 cm³/mol. The molecule has 0 bridgehead atoms. The minimum absolute atomic E-state index is 0.502. The van der Waals surface area contributed by atoms with Gasteiger partial charge in [-0.1, -0.05) is 6.07 Å². The van der Waals surface area contributed by atoms with Crippen LogP contribution in [-0.2, 0) is 4.79 Å². The Bertz CT molecular complexity index is 500. The minimum atomic E-state index is -0.830. The van der Waals surface area contributed by atoms with Crippen molar-refractivity contribution in [3.63, 3.8) is 0 Å². The highest BCUT2D eigenvalue weighted by atomic mass is 16.6. The van der Waals surface area contributed by atoms with E-state index >= 15 is 0 Å². The van der Waals surface area contributed by atoms with E-state index in [1.807, 2.05) is 11.0 Å². The molecule has 1 aromatic rings. The molecule has 2 aliphatic heterocycles. The fourth-order valence-electron chi connectivity index (χ4n) is 2.68. The number of nitrogens with zero attached hydrogens (tertiary/aromatic N) is 1. The molecule has 1 aromatic carbocycles. The van der Waals surface area contributed by atoms with E-state index in [1.165, 1.54) is 0 Å². The lowest BCUT2D eigenvalue weighted by molar-refractivity contribution is -0.143. The van der Waals surface area contributed by atoms with Gasteiger partial charge in [0.15, 0.2) is 11.5 Å². The molecule has 0 amide bonds. The van der Waals surface area contributed by atoms with Crippen LogP contribution in [-0.4, -0.2) is 55.4 Å². The lowest BCUT2D eigenvalue weighted by Crippen LogP contribution is -2.47. The average Bonchev–Trinajstić information content (AvgIpc) is 2.48. The summed E-state index contributed by atoms with van der Waals surface area (Å²) in [6, 6.07) is 4.76. The van der Waals surface area contributed by atoms with Crippen LogP contribution in [0.4, 0.5) is 0 Å². The normalized spacial score (nSPS) is 20.4. The quantitative estimate of drug-likeness (QED) is 0.838. The third-order valence-corrected chi connectivity index (χ3v) is 3.63. The summed E-state index contributed by atoms with van der Waals surface area (Å²) in [7, 11) is 0. The van der Waals surface area contributed by atoms with E-state index in [0.29, 0.717) is 24.7 Å². The maximum Gasteiger partial charge on any atom is 0.325 e. The van der Waals surface area contributed by atoms with Crippen LogP contribution in [0.1, 0.15) is 11.6 Å². The van der Waals surface area contributed by atoms with Crippen LogP contribution in [0.3, 0.4) is 0 Å². The number of hydrogen-bond acceptors (Lipinski definition) is 5. The Morgan fingerprint density at radius 1 is 1.20 bits per heavy atom. The standard InChI is InChI=1S/C14H18N2O4/c17-14(18)13(16-5-3-15-4-6-16)10-1-2-11-12(9-10)20-8-7-19-11/h1-2,9,13,15H,3-8H2,(H,17,18). The largest absolute Gasteiger partial charge is 0.486 e. The number of piperazine rings is 1. The average molecular weight is 278 g/mol. The van der Waals surface area contributed by atoms with E-state index in [2.05, 4.69) is 5.32 Å². The first-order valence-corrected chi connectivity index (χ1v) is 6.83. The van der Waals surface area contributed by atoms with Gasteiger partial charge >= 0.3 is 5.97 Å². The molecule has 0 saturated carbocycles. The Hall–Kier alpha value is -1.79. The van der Waals surface area contributed by atoms with Crippen LogP contribution in [0.2, 0.25) is 0 Å². The summed E-state index contributed by atoms with van der Waals surface area (Å²) in [5.74, 6) is 0.489. The molecular formula is C14H18N2O4. The van der Waals surface area contributed by atoms with E-state index in [-0.39, 0.29) is 0 Å². The van der Waals surface area contributed by atoms with Gasteiger partial charge in [0.25, 0.3) is 0 Å². The van der Waals surface area contributed by atoms with Crippen molar-refractivity contribution in [3.05, 3.63) is 23.8 Å². The van der Waals surface area contributed by atoms with E-state index < -0.39 is 12.0 Å². The first-order chi connectivity index (χ1) is 9.75. The molecular weight excluding hydrogens is 260 g/mol. The van der Waals surface area contributed by atoms with Gasteiger partial charge in [0, 0.05) is 26.2 Å². The van der Waals surface area contributed by atoms with E-state index in [0.717, 1.165) is 31.7 Å². The van der Waals surface area contributed by atoms with E-state index in [9.17, 15) is 9.90 Å². The fourth-order valence-corrected chi connectivity index (χ4v) is 2.68. The highest BCUT2D eigenvalue weighted by molar-refractivity contribution is 5.76. The van der Waals surface area contributed by atoms with Crippen LogP contribution in [0.5, 0.6) is 11.5 Å². The number of nitrogens with one attached hydrogen (secondary N) is 1. The smallest absolute Gasteiger partial charge is 0.325 e. The van der Waals surface area contributed by atoms with Crippen LogP contribution in [0, 0.1) is 0 Å². The van der Waals surface area contributed by atoms with Gasteiger partial charge < -0.3 is 19.9 Å². The number of aliphatic carboxylic acids is 1. The zero-order valence-electron chi connectivity index (χ0n) is 11.2. The molecule has 108 valence electrons. The third-order valence-electron chi connectivity index (χ3n) is 3.63. The maximum absolute atomic E-state index is 11.6. The number of carboxylic acid groups (broad SMARTS) is 1. The zero-order chi connectivity index (χ0) is 13.9. The van der Waals surface area contributed by atoms with Gasteiger partial charge in [0.2, 0.25) is 0 Å². The second kappa shape index (κ2) is 5.68. The summed E-state index contributed by atoms with van der Waals surface area (Å²) in [6.07, 6.45) is 0. The summed E-state index contributed by atoms with van der Waals surface area (Å²) in [5, 5.41) is 12.8. The molecule has 0 aromatic heterocycles. The van der Waals surface area contributed by atoms with Gasteiger partial charge in [0.1, 0.15) is 19.3 Å². The number of ether oxygens (including phenoxy) is 2. The number of carboxylic acids is 1. The number of carbonyl (C=O) groups is 1. The van der Waals surface area contributed by atoms with Gasteiger partial charge in [-0.15, -0.1) is 0 Å². The Morgan fingerprint density at radius 3 is 2.60 bits per heavy atom. The number of fused-ring (bicyclic) bond motifs is 1. The molecule has 2 aliphatic rings. The summed E-state index contributed by atoms with van der Waals surface area (Å²) in [4.78, 5) is 13.6. The summed E-state index contributed by atoms with van der Waals surface area (Å²) < 4.78 is 11.0. The molecule has 0 aliphatic carbocycles. The van der Waals surface area contributed by atoms with Crippen molar-refractivity contribution in [1.29, 1.82) is 0 Å². The lowest BCUT2D eigenvalue weighted by atomic mass is 10.0. The molecule has 0 spiro atoms. The van der Waals surface area contributed by atoms with Crippen molar-refractivity contribution >= 4 is 5.97 Å². The van der Waals surface area contributed by atoms with Crippen molar-refractivity contribution in [2.24, 2.45) is 0 Å². The molecule has 2 heterocycles. The second-order valence-electron chi connectivity index (χ2n) is 4.93. The molecule has 0 radical (unpaired) electrons. The van der Waals surface area contributed by atoms with Gasteiger partial charge in [-0.3, -0.25) is 9.69 Å². The monoisotopic (exact) mass is 278 g/mol. The Morgan fingerprint density at radius 2 is 1.90 bits per heavy atom. The van der Waals surface area contributed by atoms with E-state index in [1.54, 1.807) is 12.1 Å². The lowest BCUT2D eigenvalue weighted by Gasteiger charge is -2.33. The molecule has 3 rings (SSSR count). The Kier molecular flexibility index (Phi) is 3.75. The molecule has 1 atom stereocenters. The minimum Gasteiger partial charge on any atom is -0.486 e. The van der Waals surface area contributed by atoms with Crippen LogP contribution < -0.4 is 14.8 Å². The molecule has 2 N–H and O–H groups in total. The molecule has 20 heavy (non-hydrogen) atoms. The second-order valence-corrected chi connectivity index (χ2v) is 4.93.